The van der Waals surface area contributed by atoms with Gasteiger partial charge in [0.1, 0.15) is 22.3 Å². The normalized spacial score (nSPS) is 20.2. The fourth-order valence-electron chi connectivity index (χ4n) is 4.91. The predicted molar refractivity (Wildman–Crippen MR) is 169 cm³/mol. The Bertz CT molecular complexity index is 1610. The minimum atomic E-state index is -4.18. The number of aromatic amines is 1. The summed E-state index contributed by atoms with van der Waals surface area (Å²) in [5.41, 5.74) is 3.16. The monoisotopic (exact) mass is 700 g/mol. The van der Waals surface area contributed by atoms with Gasteiger partial charge in [-0.1, -0.05) is 11.8 Å². The number of thiophene rings is 1. The van der Waals surface area contributed by atoms with E-state index in [2.05, 4.69) is 20.7 Å². The van der Waals surface area contributed by atoms with Crippen molar-refractivity contribution in [2.24, 2.45) is 0 Å². The fraction of sp³-hybridized carbons (Fsp3) is 0.519. The highest BCUT2D eigenvalue weighted by molar-refractivity contribution is 7.99. The summed E-state index contributed by atoms with van der Waals surface area (Å²) in [4.78, 5) is 23.6. The summed E-state index contributed by atoms with van der Waals surface area (Å²) in [6.07, 6.45) is 3.36. The molecule has 0 bridgehead atoms. The van der Waals surface area contributed by atoms with E-state index in [9.17, 15) is 21.6 Å². The van der Waals surface area contributed by atoms with Crippen LogP contribution in [0.15, 0.2) is 52.1 Å². The molecule has 1 amide bonds. The van der Waals surface area contributed by atoms with E-state index in [-0.39, 0.29) is 29.6 Å². The average Bonchev–Trinajstić information content (AvgIpc) is 3.76. The Morgan fingerprint density at radius 1 is 1.16 bits per heavy atom. The SMILES string of the molecule is CCOc1ccc(-c2ccc(S(=O)(=O)N3CCN(S(=O)(=O)CCCSc4ncn[nH]4)C[C@@H]3C(=O)NOC3CCCCO3)s2)cc1. The van der Waals surface area contributed by atoms with Crippen LogP contribution in [-0.4, -0.2) is 103 Å². The number of piperazine rings is 1. The lowest BCUT2D eigenvalue weighted by molar-refractivity contribution is -0.202. The second kappa shape index (κ2) is 15.3. The molecule has 1 unspecified atom stereocenters. The molecule has 246 valence electrons. The number of nitrogens with one attached hydrogen (secondary N) is 2. The highest BCUT2D eigenvalue weighted by Crippen LogP contribution is 2.34. The second-order valence-corrected chi connectivity index (χ2v) is 16.6. The van der Waals surface area contributed by atoms with E-state index in [1.165, 1.54) is 28.5 Å². The molecule has 2 aromatic heterocycles. The van der Waals surface area contributed by atoms with Gasteiger partial charge >= 0.3 is 0 Å². The first kappa shape index (κ1) is 33.8. The van der Waals surface area contributed by atoms with Gasteiger partial charge in [-0.25, -0.2) is 32.1 Å². The summed E-state index contributed by atoms with van der Waals surface area (Å²) < 4.78 is 67.8. The van der Waals surface area contributed by atoms with Crippen LogP contribution >= 0.6 is 23.1 Å². The zero-order valence-corrected chi connectivity index (χ0v) is 27.9. The van der Waals surface area contributed by atoms with Crippen molar-refractivity contribution in [3.63, 3.8) is 0 Å². The van der Waals surface area contributed by atoms with Gasteiger partial charge in [0.05, 0.1) is 12.4 Å². The maximum absolute atomic E-state index is 14.0. The Hall–Kier alpha value is -2.58. The van der Waals surface area contributed by atoms with Crippen molar-refractivity contribution >= 4 is 49.1 Å². The Morgan fingerprint density at radius 3 is 2.69 bits per heavy atom. The van der Waals surface area contributed by atoms with Crippen LogP contribution in [0.4, 0.5) is 0 Å². The molecule has 0 saturated carbocycles. The maximum atomic E-state index is 14.0. The van der Waals surface area contributed by atoms with Crippen molar-refractivity contribution in [1.82, 2.24) is 29.3 Å². The Morgan fingerprint density at radius 2 is 1.98 bits per heavy atom. The van der Waals surface area contributed by atoms with Crippen molar-refractivity contribution < 1.29 is 35.9 Å². The molecular formula is C27H36N6O8S4. The number of hydrogen-bond donors (Lipinski definition) is 2. The molecule has 18 heteroatoms. The van der Waals surface area contributed by atoms with E-state index in [0.29, 0.717) is 42.7 Å². The standard InChI is InChI=1S/C27H36N6O8S4/c1-2-39-21-9-7-20(8-10-21)23-11-12-25(43-23)45(37,38)33-14-13-32(44(35,36)17-5-16-42-27-28-19-29-30-27)18-22(33)26(34)31-41-24-6-3-4-15-40-24/h7-12,19,22,24H,2-6,13-18H2,1H3,(H,31,34)(H,28,29,30)/t22-,24?/m1/s1. The molecule has 2 fully saturated rings. The number of H-pyrrole nitrogens is 1. The smallest absolute Gasteiger partial charge is 0.263 e. The molecule has 2 saturated heterocycles. The summed E-state index contributed by atoms with van der Waals surface area (Å²) in [5, 5.41) is 7.07. The highest BCUT2D eigenvalue weighted by Gasteiger charge is 2.44. The molecule has 2 N–H and O–H groups in total. The van der Waals surface area contributed by atoms with Crippen LogP contribution in [0.1, 0.15) is 32.6 Å². The van der Waals surface area contributed by atoms with Gasteiger partial charge in [-0.05, 0) is 68.1 Å². The van der Waals surface area contributed by atoms with Crippen molar-refractivity contribution in [3.8, 4) is 16.2 Å². The molecule has 3 aromatic rings. The molecule has 4 heterocycles. The Kier molecular flexibility index (Phi) is 11.5. The minimum absolute atomic E-state index is 0.0430. The van der Waals surface area contributed by atoms with Gasteiger partial charge in [0.15, 0.2) is 11.4 Å². The van der Waals surface area contributed by atoms with Crippen LogP contribution in [-0.2, 0) is 34.4 Å². The van der Waals surface area contributed by atoms with Crippen molar-refractivity contribution in [2.45, 2.75) is 54.3 Å². The van der Waals surface area contributed by atoms with E-state index >= 15 is 0 Å². The van der Waals surface area contributed by atoms with E-state index in [0.717, 1.165) is 38.9 Å². The number of amides is 1. The topological polar surface area (TPSA) is 173 Å². The van der Waals surface area contributed by atoms with Crippen LogP contribution in [0.25, 0.3) is 10.4 Å². The molecule has 2 atom stereocenters. The molecule has 14 nitrogen and oxygen atoms in total. The number of carbonyl (C=O) groups excluding carboxylic acids is 1. The zero-order chi connectivity index (χ0) is 31.9. The first-order valence-electron chi connectivity index (χ1n) is 14.6. The van der Waals surface area contributed by atoms with E-state index in [4.69, 9.17) is 14.3 Å². The highest BCUT2D eigenvalue weighted by atomic mass is 32.2. The number of thioether (sulfide) groups is 1. The quantitative estimate of drug-likeness (QED) is 0.144. The van der Waals surface area contributed by atoms with E-state index in [1.807, 2.05) is 31.2 Å². The van der Waals surface area contributed by atoms with Gasteiger partial charge in [0, 0.05) is 43.3 Å². The molecule has 5 rings (SSSR count). The number of carbonyl (C=O) groups is 1. The summed E-state index contributed by atoms with van der Waals surface area (Å²) in [6, 6.07) is 9.18. The Balaban J connectivity index is 1.31. The third kappa shape index (κ3) is 8.62. The number of aromatic nitrogens is 3. The third-order valence-corrected chi connectivity index (χ3v) is 13.6. The van der Waals surface area contributed by atoms with Crippen LogP contribution in [0, 0.1) is 0 Å². The van der Waals surface area contributed by atoms with Gasteiger partial charge < -0.3 is 9.47 Å². The van der Waals surface area contributed by atoms with Crippen LogP contribution in [0.2, 0.25) is 0 Å². The largest absolute Gasteiger partial charge is 0.494 e. The van der Waals surface area contributed by atoms with Gasteiger partial charge in [-0.15, -0.1) is 11.3 Å². The maximum Gasteiger partial charge on any atom is 0.263 e. The summed E-state index contributed by atoms with van der Waals surface area (Å²) in [6.45, 7) is 2.26. The Labute approximate surface area is 270 Å². The number of ether oxygens (including phenoxy) is 2. The third-order valence-electron chi connectivity index (χ3n) is 7.19. The molecule has 45 heavy (non-hydrogen) atoms. The minimum Gasteiger partial charge on any atom is -0.494 e. The van der Waals surface area contributed by atoms with Crippen molar-refractivity contribution in [1.29, 1.82) is 0 Å². The predicted octanol–water partition coefficient (Wildman–Crippen LogP) is 2.69. The van der Waals surface area contributed by atoms with Gasteiger partial charge in [0.2, 0.25) is 10.0 Å². The van der Waals surface area contributed by atoms with Crippen LogP contribution in [0.3, 0.4) is 0 Å². The summed E-state index contributed by atoms with van der Waals surface area (Å²) in [7, 11) is -7.98. The number of hydroxylamine groups is 1. The van der Waals surface area contributed by atoms with Gasteiger partial charge in [0.25, 0.3) is 15.9 Å². The number of hydrogen-bond acceptors (Lipinski definition) is 12. The lowest BCUT2D eigenvalue weighted by atomic mass is 10.2. The molecular weight excluding hydrogens is 665 g/mol. The van der Waals surface area contributed by atoms with Crippen molar-refractivity contribution in [2.75, 3.05) is 44.4 Å². The first-order chi connectivity index (χ1) is 21.7. The lowest BCUT2D eigenvalue weighted by Gasteiger charge is -2.38. The van der Waals surface area contributed by atoms with Gasteiger partial charge in [-0.2, -0.15) is 13.7 Å². The number of nitrogens with zero attached hydrogens (tertiary/aromatic N) is 4. The van der Waals surface area contributed by atoms with Crippen LogP contribution < -0.4 is 10.2 Å². The second-order valence-electron chi connectivity index (χ2n) is 10.3. The molecule has 0 radical (unpaired) electrons. The van der Waals surface area contributed by atoms with E-state index in [1.54, 1.807) is 6.07 Å². The summed E-state index contributed by atoms with van der Waals surface area (Å²) in [5.74, 6) is 0.258. The number of sulfonamides is 2. The fourth-order valence-corrected chi connectivity index (χ4v) is 10.3. The molecule has 2 aliphatic rings. The van der Waals surface area contributed by atoms with E-state index < -0.39 is 38.3 Å². The number of benzene rings is 1. The zero-order valence-electron chi connectivity index (χ0n) is 24.7. The van der Waals surface area contributed by atoms with Gasteiger partial charge in [-0.3, -0.25) is 9.89 Å². The molecule has 2 aliphatic heterocycles. The first-order valence-corrected chi connectivity index (χ1v) is 19.4. The summed E-state index contributed by atoms with van der Waals surface area (Å²) >= 11 is 2.42. The molecule has 1 aromatic carbocycles. The van der Waals surface area contributed by atoms with Crippen molar-refractivity contribution in [3.05, 3.63) is 42.7 Å². The molecule has 0 aliphatic carbocycles. The average molecular weight is 701 g/mol. The lowest BCUT2D eigenvalue weighted by Crippen LogP contribution is -2.61. The van der Waals surface area contributed by atoms with Crippen LogP contribution in [0.5, 0.6) is 5.75 Å². The molecule has 0 spiro atoms. The number of rotatable bonds is 14.